The summed E-state index contributed by atoms with van der Waals surface area (Å²) in [6, 6.07) is 3.98. The van der Waals surface area contributed by atoms with Crippen LogP contribution in [0.4, 0.5) is 5.00 Å². The summed E-state index contributed by atoms with van der Waals surface area (Å²) in [5.41, 5.74) is 2.51. The largest absolute Gasteiger partial charge is 0.363 e. The maximum absolute atomic E-state index is 5.06. The fourth-order valence-corrected chi connectivity index (χ4v) is 1.83. The second-order valence-electron chi connectivity index (χ2n) is 1.66. The fraction of sp³-hybridized carbons (Fsp3) is 0.200. The molecular weight excluding hydrogens is 214 g/mol. The fourth-order valence-electron chi connectivity index (χ4n) is 0.547. The van der Waals surface area contributed by atoms with E-state index in [1.54, 1.807) is 11.3 Å². The Morgan fingerprint density at radius 1 is 1.60 bits per heavy atom. The summed E-state index contributed by atoms with van der Waals surface area (Å²) in [6.45, 7) is 0.590. The molecule has 0 aliphatic heterocycles. The summed E-state index contributed by atoms with van der Waals surface area (Å²) in [5.74, 6) is 5.06. The minimum absolute atomic E-state index is 0.590. The van der Waals surface area contributed by atoms with Gasteiger partial charge in [-0.1, -0.05) is 0 Å². The van der Waals surface area contributed by atoms with E-state index in [9.17, 15) is 0 Å². The van der Waals surface area contributed by atoms with Gasteiger partial charge in [-0.2, -0.15) is 0 Å². The molecule has 0 amide bonds. The van der Waals surface area contributed by atoms with Crippen molar-refractivity contribution >= 4 is 32.3 Å². The molecule has 1 heterocycles. The molecule has 0 radical (unpaired) electrons. The van der Waals surface area contributed by atoms with Crippen LogP contribution in [0.2, 0.25) is 0 Å². The van der Waals surface area contributed by atoms with Crippen LogP contribution in [0.15, 0.2) is 15.9 Å². The van der Waals surface area contributed by atoms with Crippen LogP contribution >= 0.6 is 27.3 Å². The van der Waals surface area contributed by atoms with Crippen molar-refractivity contribution in [1.29, 1.82) is 0 Å². The zero-order valence-electron chi connectivity index (χ0n) is 5.23. The van der Waals surface area contributed by atoms with Crippen molar-refractivity contribution in [2.24, 2.45) is 5.84 Å². The van der Waals surface area contributed by atoms with Crippen LogP contribution in [-0.2, 0) is 0 Å². The van der Waals surface area contributed by atoms with Gasteiger partial charge in [0.1, 0.15) is 0 Å². The lowest BCUT2D eigenvalue weighted by Crippen LogP contribution is -2.27. The maximum Gasteiger partial charge on any atom is 0.0904 e. The van der Waals surface area contributed by atoms with E-state index in [4.69, 9.17) is 5.84 Å². The number of halogens is 1. The molecule has 0 saturated carbocycles. The number of thiophene rings is 1. The lowest BCUT2D eigenvalue weighted by atomic mass is 10.6. The van der Waals surface area contributed by atoms with E-state index in [1.165, 1.54) is 0 Å². The van der Waals surface area contributed by atoms with E-state index in [0.717, 1.165) is 8.79 Å². The van der Waals surface area contributed by atoms with Crippen LogP contribution in [0.25, 0.3) is 0 Å². The Kier molecular flexibility index (Phi) is 3.14. The average Bonchev–Trinajstić information content (AvgIpc) is 2.31. The van der Waals surface area contributed by atoms with Gasteiger partial charge in [0.2, 0.25) is 0 Å². The molecule has 1 rings (SSSR count). The number of hydrazine groups is 1. The number of rotatable bonds is 3. The Bertz CT molecular complexity index is 201. The minimum atomic E-state index is 0.590. The normalized spacial score (nSPS) is 9.80. The number of nitrogens with two attached hydrogens (primary N) is 1. The minimum Gasteiger partial charge on any atom is -0.363 e. The highest BCUT2D eigenvalue weighted by atomic mass is 79.9. The number of hydrogen-bond acceptors (Lipinski definition) is 4. The Balaban J connectivity index is 2.42. The van der Waals surface area contributed by atoms with Crippen molar-refractivity contribution < 1.29 is 0 Å². The monoisotopic (exact) mass is 221 g/mol. The highest BCUT2D eigenvalue weighted by Crippen LogP contribution is 2.25. The summed E-state index contributed by atoms with van der Waals surface area (Å²) in [5, 5.41) is 4.17. The lowest BCUT2D eigenvalue weighted by molar-refractivity contribution is 0.792. The third kappa shape index (κ3) is 2.26. The molecule has 56 valence electrons. The summed E-state index contributed by atoms with van der Waals surface area (Å²) in [4.78, 5) is 0. The molecule has 1 aromatic rings. The number of hydrogen-bond donors (Lipinski definition) is 3. The van der Waals surface area contributed by atoms with Crippen molar-refractivity contribution in [3.05, 3.63) is 15.9 Å². The van der Waals surface area contributed by atoms with Crippen molar-refractivity contribution in [2.45, 2.75) is 0 Å². The first kappa shape index (κ1) is 8.00. The smallest absolute Gasteiger partial charge is 0.0904 e. The number of anilines is 1. The molecule has 4 N–H and O–H groups in total. The molecule has 5 heteroatoms. The van der Waals surface area contributed by atoms with Crippen LogP contribution in [0.3, 0.4) is 0 Å². The molecule has 0 aliphatic carbocycles. The molecule has 3 nitrogen and oxygen atoms in total. The van der Waals surface area contributed by atoms with Crippen LogP contribution in [0, 0.1) is 0 Å². The molecule has 0 aromatic carbocycles. The highest BCUT2D eigenvalue weighted by Gasteiger charge is 1.93. The topological polar surface area (TPSA) is 50.1 Å². The van der Waals surface area contributed by atoms with Gasteiger partial charge in [-0.05, 0) is 28.1 Å². The van der Waals surface area contributed by atoms with E-state index in [1.807, 2.05) is 12.1 Å². The van der Waals surface area contributed by atoms with Crippen molar-refractivity contribution in [2.75, 3.05) is 12.0 Å². The van der Waals surface area contributed by atoms with Gasteiger partial charge < -0.3 is 5.32 Å². The first-order valence-corrected chi connectivity index (χ1v) is 4.36. The molecule has 0 spiro atoms. The van der Waals surface area contributed by atoms with Crippen molar-refractivity contribution in [1.82, 2.24) is 5.43 Å². The quantitative estimate of drug-likeness (QED) is 0.411. The summed E-state index contributed by atoms with van der Waals surface area (Å²) in [6.07, 6.45) is 0. The molecule has 0 saturated heterocycles. The first-order chi connectivity index (χ1) is 4.83. The Labute approximate surface area is 71.7 Å². The summed E-state index contributed by atoms with van der Waals surface area (Å²) < 4.78 is 1.12. The van der Waals surface area contributed by atoms with Crippen LogP contribution in [-0.4, -0.2) is 6.67 Å². The third-order valence-electron chi connectivity index (χ3n) is 0.938. The predicted molar refractivity (Wildman–Crippen MR) is 47.8 cm³/mol. The van der Waals surface area contributed by atoms with Gasteiger partial charge in [0.25, 0.3) is 0 Å². The zero-order valence-corrected chi connectivity index (χ0v) is 7.63. The molecule has 0 atom stereocenters. The Morgan fingerprint density at radius 2 is 2.40 bits per heavy atom. The van der Waals surface area contributed by atoms with Crippen LogP contribution in [0.1, 0.15) is 0 Å². The second-order valence-corrected chi connectivity index (χ2v) is 4.12. The van der Waals surface area contributed by atoms with Gasteiger partial charge in [-0.15, -0.1) is 11.3 Å². The Morgan fingerprint density at radius 3 is 2.90 bits per heavy atom. The Hall–Kier alpha value is -0.100. The van der Waals surface area contributed by atoms with Gasteiger partial charge >= 0.3 is 0 Å². The van der Waals surface area contributed by atoms with Gasteiger partial charge in [0.15, 0.2) is 0 Å². The van der Waals surface area contributed by atoms with Crippen LogP contribution < -0.4 is 16.6 Å². The van der Waals surface area contributed by atoms with Gasteiger partial charge in [0.05, 0.1) is 15.5 Å². The third-order valence-corrected chi connectivity index (χ3v) is 2.52. The van der Waals surface area contributed by atoms with Crippen molar-refractivity contribution in [3.63, 3.8) is 0 Å². The van der Waals surface area contributed by atoms with E-state index in [-0.39, 0.29) is 0 Å². The zero-order chi connectivity index (χ0) is 7.40. The standard InChI is InChI=1S/C5H8BrN3S/c6-4-1-2-5(10-4)8-3-9-7/h1-2,8-9H,3,7H2. The van der Waals surface area contributed by atoms with E-state index >= 15 is 0 Å². The SMILES string of the molecule is NNCNc1ccc(Br)s1. The summed E-state index contributed by atoms with van der Waals surface area (Å²) in [7, 11) is 0. The number of nitrogens with one attached hydrogen (secondary N) is 2. The lowest BCUT2D eigenvalue weighted by Gasteiger charge is -1.98. The maximum atomic E-state index is 5.06. The molecule has 0 fully saturated rings. The first-order valence-electron chi connectivity index (χ1n) is 2.75. The predicted octanol–water partition coefficient (Wildman–Crippen LogP) is 1.34. The van der Waals surface area contributed by atoms with Gasteiger partial charge in [-0.25, -0.2) is 5.43 Å². The van der Waals surface area contributed by atoms with Crippen molar-refractivity contribution in [3.8, 4) is 0 Å². The second kappa shape index (κ2) is 3.92. The summed E-state index contributed by atoms with van der Waals surface area (Å²) >= 11 is 4.99. The van der Waals surface area contributed by atoms with Gasteiger partial charge in [0, 0.05) is 0 Å². The van der Waals surface area contributed by atoms with Crippen LogP contribution in [0.5, 0.6) is 0 Å². The van der Waals surface area contributed by atoms with E-state index in [2.05, 4.69) is 26.7 Å². The molecule has 10 heavy (non-hydrogen) atoms. The average molecular weight is 222 g/mol. The molecular formula is C5H8BrN3S. The molecule has 0 bridgehead atoms. The highest BCUT2D eigenvalue weighted by molar-refractivity contribution is 9.11. The molecule has 0 unspecified atom stereocenters. The molecule has 1 aromatic heterocycles. The van der Waals surface area contributed by atoms with E-state index < -0.39 is 0 Å². The van der Waals surface area contributed by atoms with E-state index in [0.29, 0.717) is 6.67 Å². The van der Waals surface area contributed by atoms with Gasteiger partial charge in [-0.3, -0.25) is 5.84 Å². The molecule has 0 aliphatic rings.